The Bertz CT molecular complexity index is 1350. The lowest BCUT2D eigenvalue weighted by atomic mass is 9.98. The van der Waals surface area contributed by atoms with E-state index in [4.69, 9.17) is 9.47 Å². The van der Waals surface area contributed by atoms with E-state index < -0.39 is 24.1 Å². The minimum atomic E-state index is -0.659. The molecular formula is C36H40N4O4. The van der Waals surface area contributed by atoms with Gasteiger partial charge in [0.2, 0.25) is 0 Å². The number of ether oxygens (including phenoxy) is 2. The maximum absolute atomic E-state index is 13.0. The summed E-state index contributed by atoms with van der Waals surface area (Å²) in [5, 5.41) is 0. The molecule has 8 heteroatoms. The zero-order valence-electron chi connectivity index (χ0n) is 25.7. The number of aromatic nitrogens is 2. The number of esters is 2. The van der Waals surface area contributed by atoms with Crippen molar-refractivity contribution < 1.29 is 19.1 Å². The lowest BCUT2D eigenvalue weighted by Gasteiger charge is -2.29. The van der Waals surface area contributed by atoms with Crippen molar-refractivity contribution in [2.24, 2.45) is 0 Å². The minimum absolute atomic E-state index is 0.0293. The largest absolute Gasteiger partial charge is 0.453 e. The molecule has 2 heterocycles. The molecule has 0 amide bonds. The molecule has 2 aromatic carbocycles. The van der Waals surface area contributed by atoms with Gasteiger partial charge in [-0.2, -0.15) is 0 Å². The Balaban J connectivity index is 1.48. The van der Waals surface area contributed by atoms with Crippen molar-refractivity contribution in [3.05, 3.63) is 144 Å². The third kappa shape index (κ3) is 9.42. The molecule has 44 heavy (non-hydrogen) atoms. The number of hydrogen-bond donors (Lipinski definition) is 0. The van der Waals surface area contributed by atoms with Crippen LogP contribution < -0.4 is 0 Å². The third-order valence-corrected chi connectivity index (χ3v) is 7.40. The molecule has 4 unspecified atom stereocenters. The highest BCUT2D eigenvalue weighted by atomic mass is 16.5. The zero-order chi connectivity index (χ0) is 31.3. The van der Waals surface area contributed by atoms with Crippen LogP contribution in [0.25, 0.3) is 0 Å². The Kier molecular flexibility index (Phi) is 11.9. The summed E-state index contributed by atoms with van der Waals surface area (Å²) in [5.41, 5.74) is 3.46. The predicted molar refractivity (Wildman–Crippen MR) is 170 cm³/mol. The smallest absolute Gasteiger partial charge is 0.331 e. The van der Waals surface area contributed by atoms with Gasteiger partial charge in [0.15, 0.2) is 0 Å². The van der Waals surface area contributed by atoms with Crippen LogP contribution >= 0.6 is 0 Å². The van der Waals surface area contributed by atoms with E-state index >= 15 is 0 Å². The number of pyridine rings is 2. The van der Waals surface area contributed by atoms with Crippen molar-refractivity contribution >= 4 is 11.9 Å². The molecule has 0 N–H and O–H groups in total. The average Bonchev–Trinajstić information content (AvgIpc) is 3.05. The number of hydrogen-bond acceptors (Lipinski definition) is 8. The monoisotopic (exact) mass is 592 g/mol. The summed E-state index contributed by atoms with van der Waals surface area (Å²) in [5.74, 6) is -1.32. The molecule has 0 spiro atoms. The molecule has 0 radical (unpaired) electrons. The van der Waals surface area contributed by atoms with E-state index in [1.54, 1.807) is 12.4 Å². The molecule has 4 aromatic rings. The van der Waals surface area contributed by atoms with Crippen molar-refractivity contribution in [2.45, 2.75) is 37.1 Å². The van der Waals surface area contributed by atoms with E-state index in [-0.39, 0.29) is 12.1 Å². The van der Waals surface area contributed by atoms with Crippen LogP contribution in [0.15, 0.2) is 122 Å². The minimum Gasteiger partial charge on any atom is -0.453 e. The van der Waals surface area contributed by atoms with Gasteiger partial charge in [0, 0.05) is 49.5 Å². The van der Waals surface area contributed by atoms with Gasteiger partial charge in [-0.1, -0.05) is 72.8 Å². The second kappa shape index (κ2) is 16.3. The van der Waals surface area contributed by atoms with Gasteiger partial charge in [0.05, 0.1) is 11.4 Å². The van der Waals surface area contributed by atoms with Crippen LogP contribution in [-0.2, 0) is 19.1 Å². The molecule has 0 fully saturated rings. The second-order valence-electron chi connectivity index (χ2n) is 10.9. The standard InChI is InChI=1S/C36H40N4O4/c1-39(2)31(27-15-7-5-8-16-27)25-33(29-19-11-13-23-37-29)43-35(41)21-22-36(42)44-34(30-20-12-14-24-38-30)26-32(40(3)4)28-17-9-6-10-18-28/h5-24,31-34H,25-26H2,1-4H3/b22-21-. The van der Waals surface area contributed by atoms with Crippen LogP contribution in [0.3, 0.4) is 0 Å². The Morgan fingerprint density at radius 3 is 1.27 bits per heavy atom. The van der Waals surface area contributed by atoms with Crippen molar-refractivity contribution in [3.8, 4) is 0 Å². The number of carbonyl (C=O) groups excluding carboxylic acids is 2. The molecule has 0 bridgehead atoms. The summed E-state index contributed by atoms with van der Waals surface area (Å²) in [6, 6.07) is 31.0. The quantitative estimate of drug-likeness (QED) is 0.125. The number of rotatable bonds is 14. The maximum atomic E-state index is 13.0. The average molecular weight is 593 g/mol. The van der Waals surface area contributed by atoms with E-state index in [1.165, 1.54) is 0 Å². The molecule has 0 aliphatic rings. The highest BCUT2D eigenvalue weighted by molar-refractivity contribution is 5.91. The summed E-state index contributed by atoms with van der Waals surface area (Å²) in [4.78, 5) is 39.2. The SMILES string of the molecule is CN(C)C(CC(OC(=O)/C=C\C(=O)OC(CC(c1ccccc1)N(C)C)c1ccccn1)c1ccccn1)c1ccccc1. The van der Waals surface area contributed by atoms with Gasteiger partial charge >= 0.3 is 11.9 Å². The van der Waals surface area contributed by atoms with Crippen molar-refractivity contribution in [1.29, 1.82) is 0 Å². The Hall–Kier alpha value is -4.66. The summed E-state index contributed by atoms with van der Waals surface area (Å²) in [7, 11) is 7.95. The van der Waals surface area contributed by atoms with Crippen molar-refractivity contribution in [1.82, 2.24) is 19.8 Å². The van der Waals surface area contributed by atoms with Crippen molar-refractivity contribution in [2.75, 3.05) is 28.2 Å². The van der Waals surface area contributed by atoms with Crippen LogP contribution in [0, 0.1) is 0 Å². The molecule has 0 aliphatic heterocycles. The lowest BCUT2D eigenvalue weighted by Crippen LogP contribution is -2.24. The van der Waals surface area contributed by atoms with E-state index in [0.29, 0.717) is 24.2 Å². The normalized spacial score (nSPS) is 14.2. The number of carbonyl (C=O) groups is 2. The van der Waals surface area contributed by atoms with Gasteiger partial charge in [0.1, 0.15) is 12.2 Å². The number of nitrogens with zero attached hydrogens (tertiary/aromatic N) is 4. The highest BCUT2D eigenvalue weighted by Crippen LogP contribution is 2.33. The second-order valence-corrected chi connectivity index (χ2v) is 10.9. The van der Waals surface area contributed by atoms with Gasteiger partial charge in [-0.25, -0.2) is 9.59 Å². The topological polar surface area (TPSA) is 84.9 Å². The first-order chi connectivity index (χ1) is 21.3. The molecule has 0 aliphatic carbocycles. The van der Waals surface area contributed by atoms with Crippen molar-refractivity contribution in [3.63, 3.8) is 0 Å². The van der Waals surface area contributed by atoms with Crippen LogP contribution in [0.2, 0.25) is 0 Å². The summed E-state index contributed by atoms with van der Waals surface area (Å²) < 4.78 is 11.8. The van der Waals surface area contributed by atoms with Gasteiger partial charge in [-0.05, 0) is 63.6 Å². The Labute approximate surface area is 260 Å². The van der Waals surface area contributed by atoms with Crippen LogP contribution in [-0.4, -0.2) is 59.9 Å². The van der Waals surface area contributed by atoms with E-state index in [2.05, 4.69) is 44.0 Å². The fourth-order valence-electron chi connectivity index (χ4n) is 5.13. The van der Waals surface area contributed by atoms with E-state index in [9.17, 15) is 9.59 Å². The maximum Gasteiger partial charge on any atom is 0.331 e. The fourth-order valence-corrected chi connectivity index (χ4v) is 5.13. The first-order valence-electron chi connectivity index (χ1n) is 14.7. The zero-order valence-corrected chi connectivity index (χ0v) is 25.7. The summed E-state index contributed by atoms with van der Waals surface area (Å²) >= 11 is 0. The molecule has 228 valence electrons. The Morgan fingerprint density at radius 1 is 0.591 bits per heavy atom. The fraction of sp³-hybridized carbons (Fsp3) is 0.278. The highest BCUT2D eigenvalue weighted by Gasteiger charge is 2.27. The molecule has 8 nitrogen and oxygen atoms in total. The first kappa shape index (κ1) is 32.3. The van der Waals surface area contributed by atoms with Crippen LogP contribution in [0.4, 0.5) is 0 Å². The first-order valence-corrected chi connectivity index (χ1v) is 14.7. The van der Waals surface area contributed by atoms with E-state index in [1.807, 2.05) is 101 Å². The Morgan fingerprint density at radius 2 is 0.955 bits per heavy atom. The predicted octanol–water partition coefficient (Wildman–Crippen LogP) is 6.29. The van der Waals surface area contributed by atoms with E-state index in [0.717, 1.165) is 23.3 Å². The van der Waals surface area contributed by atoms with Crippen LogP contribution in [0.1, 0.15) is 59.6 Å². The molecule has 0 saturated heterocycles. The number of benzene rings is 2. The van der Waals surface area contributed by atoms with Gasteiger partial charge < -0.3 is 19.3 Å². The van der Waals surface area contributed by atoms with Gasteiger partial charge in [0.25, 0.3) is 0 Å². The van der Waals surface area contributed by atoms with Crippen LogP contribution in [0.5, 0.6) is 0 Å². The van der Waals surface area contributed by atoms with Gasteiger partial charge in [-0.15, -0.1) is 0 Å². The lowest BCUT2D eigenvalue weighted by molar-refractivity contribution is -0.147. The van der Waals surface area contributed by atoms with Gasteiger partial charge in [-0.3, -0.25) is 9.97 Å². The molecular weight excluding hydrogens is 552 g/mol. The molecule has 2 aromatic heterocycles. The summed E-state index contributed by atoms with van der Waals surface area (Å²) in [6.45, 7) is 0. The third-order valence-electron chi connectivity index (χ3n) is 7.40. The molecule has 4 atom stereocenters. The summed E-state index contributed by atoms with van der Waals surface area (Å²) in [6.07, 6.45) is 5.25. The molecule has 4 rings (SSSR count). The molecule has 0 saturated carbocycles.